The Kier molecular flexibility index (Phi) is 5.74. The van der Waals surface area contributed by atoms with Gasteiger partial charge in [0.1, 0.15) is 17.5 Å². The van der Waals surface area contributed by atoms with Crippen molar-refractivity contribution in [3.05, 3.63) is 63.4 Å². The molecular formula is C16H12BrClN4O. The first kappa shape index (κ1) is 17.0. The molecule has 2 rings (SSSR count). The highest BCUT2D eigenvalue weighted by Crippen LogP contribution is 2.20. The number of halogens is 2. The Balaban J connectivity index is 2.08. The number of pyridine rings is 1. The van der Waals surface area contributed by atoms with Gasteiger partial charge in [0, 0.05) is 27.6 Å². The molecule has 1 amide bonds. The molecule has 116 valence electrons. The van der Waals surface area contributed by atoms with E-state index in [1.807, 2.05) is 13.0 Å². The molecule has 2 aromatic rings. The number of hydrogen-bond donors (Lipinski definition) is 2. The van der Waals surface area contributed by atoms with Gasteiger partial charge in [0.25, 0.3) is 5.91 Å². The minimum atomic E-state index is -0.531. The van der Waals surface area contributed by atoms with Gasteiger partial charge in [-0.15, -0.1) is 0 Å². The lowest BCUT2D eigenvalue weighted by atomic mass is 10.2. The second-order valence-electron chi connectivity index (χ2n) is 4.59. The van der Waals surface area contributed by atoms with Gasteiger partial charge in [0.2, 0.25) is 0 Å². The first-order chi connectivity index (χ1) is 11.0. The van der Waals surface area contributed by atoms with Crippen LogP contribution in [0.1, 0.15) is 5.56 Å². The minimum Gasteiger partial charge on any atom is -0.345 e. The fourth-order valence-corrected chi connectivity index (χ4v) is 2.04. The molecule has 0 spiro atoms. The predicted octanol–water partition coefficient (Wildman–Crippen LogP) is 4.26. The van der Waals surface area contributed by atoms with Crippen LogP contribution >= 0.6 is 27.5 Å². The number of nitrogens with one attached hydrogen (secondary N) is 2. The molecule has 5 nitrogen and oxygen atoms in total. The van der Waals surface area contributed by atoms with Gasteiger partial charge < -0.3 is 10.6 Å². The molecule has 1 heterocycles. The van der Waals surface area contributed by atoms with E-state index in [4.69, 9.17) is 16.9 Å². The summed E-state index contributed by atoms with van der Waals surface area (Å²) in [7, 11) is 0. The van der Waals surface area contributed by atoms with Crippen molar-refractivity contribution >= 4 is 44.9 Å². The lowest BCUT2D eigenvalue weighted by molar-refractivity contribution is -0.112. The summed E-state index contributed by atoms with van der Waals surface area (Å²) < 4.78 is 0.835. The zero-order valence-corrected chi connectivity index (χ0v) is 14.4. The fourth-order valence-electron chi connectivity index (χ4n) is 1.62. The molecule has 0 saturated heterocycles. The van der Waals surface area contributed by atoms with E-state index < -0.39 is 5.91 Å². The van der Waals surface area contributed by atoms with Crippen molar-refractivity contribution in [3.63, 3.8) is 0 Å². The van der Waals surface area contributed by atoms with Crippen LogP contribution in [0.4, 0.5) is 11.5 Å². The molecule has 23 heavy (non-hydrogen) atoms. The van der Waals surface area contributed by atoms with Crippen LogP contribution in [0.15, 0.2) is 52.8 Å². The highest BCUT2D eigenvalue weighted by Gasteiger charge is 2.10. The molecule has 0 saturated carbocycles. The molecule has 2 N–H and O–H groups in total. The molecule has 0 atom stereocenters. The van der Waals surface area contributed by atoms with Crippen LogP contribution in [-0.2, 0) is 4.79 Å². The molecule has 1 aromatic heterocycles. The summed E-state index contributed by atoms with van der Waals surface area (Å²) >= 11 is 9.29. The fraction of sp³-hybridized carbons (Fsp3) is 0.0625. The van der Waals surface area contributed by atoms with Gasteiger partial charge in [0.15, 0.2) is 0 Å². The normalized spacial score (nSPS) is 10.8. The number of benzene rings is 1. The molecule has 0 aliphatic rings. The highest BCUT2D eigenvalue weighted by molar-refractivity contribution is 9.10. The van der Waals surface area contributed by atoms with Gasteiger partial charge in [-0.2, -0.15) is 5.26 Å². The van der Waals surface area contributed by atoms with E-state index in [9.17, 15) is 4.79 Å². The standard InChI is InChI=1S/C16H12BrClN4O/c1-10-2-4-13(6-14(10)18)22-16(23)11(7-19)8-20-15-5-3-12(17)9-21-15/h2-6,8-9H,1H3,(H,20,21)(H,22,23)/b11-8-. The van der Waals surface area contributed by atoms with E-state index >= 15 is 0 Å². The smallest absolute Gasteiger partial charge is 0.267 e. The van der Waals surface area contributed by atoms with Crippen molar-refractivity contribution in [1.82, 2.24) is 4.98 Å². The molecule has 0 unspecified atom stereocenters. The summed E-state index contributed by atoms with van der Waals surface area (Å²) in [5, 5.41) is 15.1. The number of rotatable bonds is 4. The van der Waals surface area contributed by atoms with Crippen LogP contribution in [0.5, 0.6) is 0 Å². The summed E-state index contributed by atoms with van der Waals surface area (Å²) in [5.74, 6) is -0.0100. The van der Waals surface area contributed by atoms with Crippen molar-refractivity contribution in [3.8, 4) is 6.07 Å². The van der Waals surface area contributed by atoms with Crippen LogP contribution in [0.25, 0.3) is 0 Å². The summed E-state index contributed by atoms with van der Waals surface area (Å²) in [6, 6.07) is 10.5. The van der Waals surface area contributed by atoms with Gasteiger partial charge in [0.05, 0.1) is 0 Å². The number of amides is 1. The van der Waals surface area contributed by atoms with Gasteiger partial charge in [-0.05, 0) is 52.7 Å². The van der Waals surface area contributed by atoms with Crippen molar-refractivity contribution in [2.75, 3.05) is 10.6 Å². The Bertz CT molecular complexity index is 797. The number of carbonyl (C=O) groups is 1. The maximum absolute atomic E-state index is 12.1. The number of nitriles is 1. The van der Waals surface area contributed by atoms with E-state index in [0.29, 0.717) is 16.5 Å². The number of anilines is 2. The Morgan fingerprint density at radius 2 is 2.17 bits per heavy atom. The average molecular weight is 392 g/mol. The maximum Gasteiger partial charge on any atom is 0.267 e. The van der Waals surface area contributed by atoms with E-state index in [2.05, 4.69) is 31.5 Å². The van der Waals surface area contributed by atoms with Gasteiger partial charge >= 0.3 is 0 Å². The Labute approximate surface area is 147 Å². The molecule has 0 radical (unpaired) electrons. The molecule has 0 aliphatic heterocycles. The van der Waals surface area contributed by atoms with E-state index in [0.717, 1.165) is 10.0 Å². The maximum atomic E-state index is 12.1. The van der Waals surface area contributed by atoms with Crippen LogP contribution in [0, 0.1) is 18.3 Å². The molecule has 1 aromatic carbocycles. The second kappa shape index (κ2) is 7.77. The average Bonchev–Trinajstić information content (AvgIpc) is 2.53. The monoisotopic (exact) mass is 390 g/mol. The third kappa shape index (κ3) is 4.81. The summed E-state index contributed by atoms with van der Waals surface area (Å²) in [6.07, 6.45) is 2.91. The number of aryl methyl sites for hydroxylation is 1. The molecule has 0 aliphatic carbocycles. The zero-order chi connectivity index (χ0) is 16.8. The molecule has 0 bridgehead atoms. The van der Waals surface area contributed by atoms with Crippen molar-refractivity contribution < 1.29 is 4.79 Å². The van der Waals surface area contributed by atoms with Crippen LogP contribution in [0.3, 0.4) is 0 Å². The first-order valence-corrected chi connectivity index (χ1v) is 7.72. The molecular weight excluding hydrogens is 380 g/mol. The topological polar surface area (TPSA) is 77.8 Å². The molecule has 7 heteroatoms. The minimum absolute atomic E-state index is 0.0774. The number of hydrogen-bond acceptors (Lipinski definition) is 4. The van der Waals surface area contributed by atoms with Crippen LogP contribution < -0.4 is 10.6 Å². The Hall–Kier alpha value is -2.36. The lowest BCUT2D eigenvalue weighted by Crippen LogP contribution is -2.14. The van der Waals surface area contributed by atoms with Crippen molar-refractivity contribution in [2.45, 2.75) is 6.92 Å². The van der Waals surface area contributed by atoms with Gasteiger partial charge in [-0.25, -0.2) is 4.98 Å². The van der Waals surface area contributed by atoms with Crippen molar-refractivity contribution in [1.29, 1.82) is 5.26 Å². The van der Waals surface area contributed by atoms with E-state index in [-0.39, 0.29) is 5.57 Å². The largest absolute Gasteiger partial charge is 0.345 e. The molecule has 0 fully saturated rings. The first-order valence-electron chi connectivity index (χ1n) is 6.55. The number of aromatic nitrogens is 1. The van der Waals surface area contributed by atoms with E-state index in [1.165, 1.54) is 6.20 Å². The third-order valence-electron chi connectivity index (χ3n) is 2.89. The SMILES string of the molecule is Cc1ccc(NC(=O)/C(C#N)=C\Nc2ccc(Br)cn2)cc1Cl. The summed E-state index contributed by atoms with van der Waals surface area (Å²) in [5.41, 5.74) is 1.35. The van der Waals surface area contributed by atoms with E-state index in [1.54, 1.807) is 36.5 Å². The highest BCUT2D eigenvalue weighted by atomic mass is 79.9. The Morgan fingerprint density at radius 3 is 2.78 bits per heavy atom. The summed E-state index contributed by atoms with van der Waals surface area (Å²) in [6.45, 7) is 1.86. The van der Waals surface area contributed by atoms with Gasteiger partial charge in [-0.1, -0.05) is 17.7 Å². The third-order valence-corrected chi connectivity index (χ3v) is 3.76. The predicted molar refractivity (Wildman–Crippen MR) is 94.1 cm³/mol. The summed E-state index contributed by atoms with van der Waals surface area (Å²) in [4.78, 5) is 16.2. The van der Waals surface area contributed by atoms with Crippen LogP contribution in [0.2, 0.25) is 5.02 Å². The number of carbonyl (C=O) groups excluding carboxylic acids is 1. The second-order valence-corrected chi connectivity index (χ2v) is 5.92. The van der Waals surface area contributed by atoms with Crippen molar-refractivity contribution in [2.24, 2.45) is 0 Å². The Morgan fingerprint density at radius 1 is 1.39 bits per heavy atom. The zero-order valence-electron chi connectivity index (χ0n) is 12.1. The van der Waals surface area contributed by atoms with Crippen LogP contribution in [-0.4, -0.2) is 10.9 Å². The number of nitrogens with zero attached hydrogens (tertiary/aromatic N) is 2. The quantitative estimate of drug-likeness (QED) is 0.603. The van der Waals surface area contributed by atoms with Gasteiger partial charge in [-0.3, -0.25) is 4.79 Å². The lowest BCUT2D eigenvalue weighted by Gasteiger charge is -2.06.